The number of ether oxygens (including phenoxy) is 1. The predicted molar refractivity (Wildman–Crippen MR) is 98.5 cm³/mol. The number of benzene rings is 1. The number of fused-ring (bicyclic) bond motifs is 1. The summed E-state index contributed by atoms with van der Waals surface area (Å²) in [5, 5.41) is 9.81. The van der Waals surface area contributed by atoms with Crippen LogP contribution >= 0.6 is 15.9 Å². The minimum atomic E-state index is -0.200. The molecule has 3 aliphatic rings. The van der Waals surface area contributed by atoms with Crippen LogP contribution in [0.4, 0.5) is 0 Å². The van der Waals surface area contributed by atoms with Gasteiger partial charge in [-0.05, 0) is 30.5 Å². The Hall–Kier alpha value is -1.44. The Balaban J connectivity index is 1.53. The van der Waals surface area contributed by atoms with Crippen molar-refractivity contribution in [3.05, 3.63) is 34.3 Å². The Morgan fingerprint density at radius 3 is 2.58 bits per heavy atom. The van der Waals surface area contributed by atoms with Crippen molar-refractivity contribution < 1.29 is 19.4 Å². The van der Waals surface area contributed by atoms with E-state index in [1.165, 1.54) is 0 Å². The molecule has 3 fully saturated rings. The van der Waals surface area contributed by atoms with Crippen LogP contribution < -0.4 is 0 Å². The third kappa shape index (κ3) is 3.06. The molecule has 4 rings (SSSR count). The number of hydrogen-bond acceptors (Lipinski definition) is 4. The number of rotatable bonds is 3. The lowest BCUT2D eigenvalue weighted by Crippen LogP contribution is -2.73. The molecule has 6 nitrogen and oxygen atoms in total. The first-order chi connectivity index (χ1) is 12.6. The van der Waals surface area contributed by atoms with E-state index in [0.717, 1.165) is 22.9 Å². The van der Waals surface area contributed by atoms with Gasteiger partial charge < -0.3 is 19.6 Å². The molecule has 3 aliphatic heterocycles. The SMILES string of the molecule is O=C(C1CCOCC1)N1CC(=O)N2[C@H](CO)[C@H](c3ccc(Br)cc3)[C@H]2C1. The van der Waals surface area contributed by atoms with Gasteiger partial charge in [0, 0.05) is 36.1 Å². The molecule has 2 amide bonds. The van der Waals surface area contributed by atoms with Gasteiger partial charge in [0.05, 0.1) is 25.2 Å². The zero-order valence-corrected chi connectivity index (χ0v) is 16.1. The molecule has 3 atom stereocenters. The van der Waals surface area contributed by atoms with Gasteiger partial charge in [0.1, 0.15) is 0 Å². The number of carbonyl (C=O) groups excluding carboxylic acids is 2. The summed E-state index contributed by atoms with van der Waals surface area (Å²) in [6.45, 7) is 1.83. The fourth-order valence-electron chi connectivity index (χ4n) is 4.56. The van der Waals surface area contributed by atoms with Crippen LogP contribution in [0.2, 0.25) is 0 Å². The van der Waals surface area contributed by atoms with Crippen LogP contribution in [0, 0.1) is 5.92 Å². The number of hydrogen-bond donors (Lipinski definition) is 1. The van der Waals surface area contributed by atoms with Crippen molar-refractivity contribution in [1.82, 2.24) is 9.80 Å². The minimum absolute atomic E-state index is 0.0389. The standard InChI is InChI=1S/C19H23BrN2O4/c20-14-3-1-12(2-4-14)18-15-9-21(10-17(24)22(15)16(18)11-23)19(25)13-5-7-26-8-6-13/h1-4,13,15-16,18,23H,5-11H2/t15-,16-,18-/m1/s1. The number of nitrogens with zero attached hydrogens (tertiary/aromatic N) is 2. The monoisotopic (exact) mass is 422 g/mol. The molecule has 0 aliphatic carbocycles. The van der Waals surface area contributed by atoms with Gasteiger partial charge in [-0.15, -0.1) is 0 Å². The van der Waals surface area contributed by atoms with Crippen molar-refractivity contribution >= 4 is 27.7 Å². The molecule has 0 saturated carbocycles. The quantitative estimate of drug-likeness (QED) is 0.798. The number of amides is 2. The average Bonchev–Trinajstić information content (AvgIpc) is 2.65. The summed E-state index contributed by atoms with van der Waals surface area (Å²) in [6.07, 6.45) is 1.46. The van der Waals surface area contributed by atoms with Crippen molar-refractivity contribution in [3.8, 4) is 0 Å². The molecule has 26 heavy (non-hydrogen) atoms. The second kappa shape index (κ2) is 7.29. The molecule has 3 heterocycles. The third-order valence-electron chi connectivity index (χ3n) is 5.89. The first-order valence-corrected chi connectivity index (χ1v) is 9.93. The highest BCUT2D eigenvalue weighted by atomic mass is 79.9. The molecule has 0 spiro atoms. The predicted octanol–water partition coefficient (Wildman–Crippen LogP) is 1.37. The topological polar surface area (TPSA) is 70.1 Å². The lowest BCUT2D eigenvalue weighted by molar-refractivity contribution is -0.169. The van der Waals surface area contributed by atoms with Gasteiger partial charge >= 0.3 is 0 Å². The van der Waals surface area contributed by atoms with E-state index in [-0.39, 0.29) is 48.9 Å². The van der Waals surface area contributed by atoms with Crippen LogP contribution in [0.3, 0.4) is 0 Å². The molecule has 1 N–H and O–H groups in total. The second-order valence-electron chi connectivity index (χ2n) is 7.30. The normalized spacial score (nSPS) is 29.3. The highest BCUT2D eigenvalue weighted by Gasteiger charge is 2.54. The Labute approximate surface area is 161 Å². The number of piperazine rings is 1. The van der Waals surface area contributed by atoms with Crippen LogP contribution in [0.1, 0.15) is 24.3 Å². The molecule has 0 radical (unpaired) electrons. The van der Waals surface area contributed by atoms with E-state index in [9.17, 15) is 14.7 Å². The van der Waals surface area contributed by atoms with Crippen molar-refractivity contribution in [3.63, 3.8) is 0 Å². The average molecular weight is 423 g/mol. The van der Waals surface area contributed by atoms with Crippen molar-refractivity contribution in [2.75, 3.05) is 32.9 Å². The number of halogens is 1. The lowest BCUT2D eigenvalue weighted by atomic mass is 9.73. The molecule has 7 heteroatoms. The molecule has 0 unspecified atom stereocenters. The molecular formula is C19H23BrN2O4. The smallest absolute Gasteiger partial charge is 0.242 e. The minimum Gasteiger partial charge on any atom is -0.394 e. The Morgan fingerprint density at radius 1 is 1.23 bits per heavy atom. The first-order valence-electron chi connectivity index (χ1n) is 9.14. The number of aliphatic hydroxyl groups is 1. The van der Waals surface area contributed by atoms with Gasteiger partial charge in [0.2, 0.25) is 11.8 Å². The van der Waals surface area contributed by atoms with Crippen LogP contribution in [0.15, 0.2) is 28.7 Å². The first kappa shape index (κ1) is 17.9. The Bertz CT molecular complexity index is 689. The van der Waals surface area contributed by atoms with Gasteiger partial charge in [-0.25, -0.2) is 0 Å². The van der Waals surface area contributed by atoms with Gasteiger partial charge in [-0.1, -0.05) is 28.1 Å². The van der Waals surface area contributed by atoms with Crippen molar-refractivity contribution in [2.24, 2.45) is 5.92 Å². The zero-order chi connectivity index (χ0) is 18.3. The summed E-state index contributed by atoms with van der Waals surface area (Å²) in [5.74, 6) is 0.0302. The van der Waals surface area contributed by atoms with E-state index in [1.807, 2.05) is 24.3 Å². The maximum Gasteiger partial charge on any atom is 0.242 e. The van der Waals surface area contributed by atoms with Crippen LogP contribution in [-0.4, -0.2) is 71.7 Å². The van der Waals surface area contributed by atoms with Crippen molar-refractivity contribution in [1.29, 1.82) is 0 Å². The van der Waals surface area contributed by atoms with E-state index in [2.05, 4.69) is 15.9 Å². The van der Waals surface area contributed by atoms with Crippen LogP contribution in [0.25, 0.3) is 0 Å². The van der Waals surface area contributed by atoms with E-state index in [4.69, 9.17) is 4.74 Å². The van der Waals surface area contributed by atoms with E-state index in [1.54, 1.807) is 9.80 Å². The molecule has 1 aromatic carbocycles. The molecule has 1 aromatic rings. The molecule has 0 aromatic heterocycles. The summed E-state index contributed by atoms with van der Waals surface area (Å²) < 4.78 is 6.34. The summed E-state index contributed by atoms with van der Waals surface area (Å²) in [7, 11) is 0. The second-order valence-corrected chi connectivity index (χ2v) is 8.22. The number of carbonyl (C=O) groups is 2. The molecule has 0 bridgehead atoms. The van der Waals surface area contributed by atoms with Crippen molar-refractivity contribution in [2.45, 2.75) is 30.8 Å². The fraction of sp³-hybridized carbons (Fsp3) is 0.579. The summed E-state index contributed by atoms with van der Waals surface area (Å²) in [6, 6.07) is 7.74. The van der Waals surface area contributed by atoms with Gasteiger partial charge in [-0.3, -0.25) is 9.59 Å². The summed E-state index contributed by atoms with van der Waals surface area (Å²) in [5.41, 5.74) is 1.10. The van der Waals surface area contributed by atoms with Gasteiger partial charge in [0.25, 0.3) is 0 Å². The Morgan fingerprint density at radius 2 is 1.92 bits per heavy atom. The van der Waals surface area contributed by atoms with Gasteiger partial charge in [0.15, 0.2) is 0 Å². The lowest BCUT2D eigenvalue weighted by Gasteiger charge is -2.59. The maximum absolute atomic E-state index is 12.9. The van der Waals surface area contributed by atoms with Gasteiger partial charge in [-0.2, -0.15) is 0 Å². The summed E-state index contributed by atoms with van der Waals surface area (Å²) >= 11 is 3.44. The third-order valence-corrected chi connectivity index (χ3v) is 6.42. The summed E-state index contributed by atoms with van der Waals surface area (Å²) in [4.78, 5) is 29.0. The zero-order valence-electron chi connectivity index (χ0n) is 14.5. The van der Waals surface area contributed by atoms with E-state index < -0.39 is 0 Å². The van der Waals surface area contributed by atoms with E-state index >= 15 is 0 Å². The molecule has 3 saturated heterocycles. The van der Waals surface area contributed by atoms with Crippen LogP contribution in [0.5, 0.6) is 0 Å². The largest absolute Gasteiger partial charge is 0.394 e. The highest BCUT2D eigenvalue weighted by molar-refractivity contribution is 9.10. The molecular weight excluding hydrogens is 400 g/mol. The van der Waals surface area contributed by atoms with E-state index in [0.29, 0.717) is 19.8 Å². The Kier molecular flexibility index (Phi) is 5.03. The van der Waals surface area contributed by atoms with Crippen LogP contribution in [-0.2, 0) is 14.3 Å². The highest BCUT2D eigenvalue weighted by Crippen LogP contribution is 2.43. The fourth-order valence-corrected chi connectivity index (χ4v) is 4.82. The number of aliphatic hydroxyl groups excluding tert-OH is 1. The maximum atomic E-state index is 12.9. The molecule has 140 valence electrons.